The van der Waals surface area contributed by atoms with Crippen LogP contribution in [0.5, 0.6) is 0 Å². The Morgan fingerprint density at radius 3 is 3.05 bits per heavy atom. The van der Waals surface area contributed by atoms with Gasteiger partial charge < -0.3 is 10.6 Å². The Kier molecular flexibility index (Phi) is 6.21. The van der Waals surface area contributed by atoms with E-state index in [0.717, 1.165) is 31.7 Å². The highest BCUT2D eigenvalue weighted by Crippen LogP contribution is 2.12. The summed E-state index contributed by atoms with van der Waals surface area (Å²) in [5.74, 6) is 0.731. The summed E-state index contributed by atoms with van der Waals surface area (Å²) in [5, 5.41) is 6.41. The van der Waals surface area contributed by atoms with Gasteiger partial charge in [-0.3, -0.25) is 9.69 Å². The van der Waals surface area contributed by atoms with Gasteiger partial charge in [0, 0.05) is 12.2 Å². The van der Waals surface area contributed by atoms with E-state index in [-0.39, 0.29) is 5.91 Å². The molecule has 0 saturated carbocycles. The predicted molar refractivity (Wildman–Crippen MR) is 87.5 cm³/mol. The molecule has 1 saturated heterocycles. The van der Waals surface area contributed by atoms with E-state index in [1.807, 2.05) is 25.2 Å². The van der Waals surface area contributed by atoms with Gasteiger partial charge in [-0.05, 0) is 63.0 Å². The van der Waals surface area contributed by atoms with Crippen LogP contribution < -0.4 is 10.6 Å². The fraction of sp³-hybridized carbons (Fsp3) is 0.588. The third-order valence-corrected chi connectivity index (χ3v) is 4.00. The van der Waals surface area contributed by atoms with E-state index >= 15 is 0 Å². The number of carbonyl (C=O) groups excluding carboxylic acids is 1. The molecule has 0 radical (unpaired) electrons. The molecule has 0 spiro atoms. The molecule has 0 aliphatic carbocycles. The second-order valence-electron chi connectivity index (χ2n) is 6.01. The summed E-state index contributed by atoms with van der Waals surface area (Å²) >= 11 is 0. The van der Waals surface area contributed by atoms with Gasteiger partial charge in [-0.15, -0.1) is 0 Å². The standard InChI is InChI=1S/C17H27N3O/c1-3-14-6-4-8-16(10-14)19-17(21)13-20(2)12-15-7-5-9-18-11-15/h4,6,8,10,15,18H,3,5,7,9,11-13H2,1-2H3,(H,19,21). The van der Waals surface area contributed by atoms with Gasteiger partial charge in [-0.1, -0.05) is 19.1 Å². The summed E-state index contributed by atoms with van der Waals surface area (Å²) in [4.78, 5) is 14.2. The van der Waals surface area contributed by atoms with Crippen molar-refractivity contribution in [2.75, 3.05) is 38.5 Å². The molecule has 1 aromatic rings. The van der Waals surface area contributed by atoms with Crippen molar-refractivity contribution in [2.24, 2.45) is 5.92 Å². The number of carbonyl (C=O) groups is 1. The Morgan fingerprint density at radius 2 is 2.33 bits per heavy atom. The maximum atomic E-state index is 12.1. The molecule has 4 heteroatoms. The number of nitrogens with zero attached hydrogens (tertiary/aromatic N) is 1. The fourth-order valence-electron chi connectivity index (χ4n) is 2.90. The van der Waals surface area contributed by atoms with Crippen molar-refractivity contribution < 1.29 is 4.79 Å². The largest absolute Gasteiger partial charge is 0.325 e. The van der Waals surface area contributed by atoms with Crippen molar-refractivity contribution in [2.45, 2.75) is 26.2 Å². The van der Waals surface area contributed by atoms with E-state index in [1.165, 1.54) is 18.4 Å². The number of amides is 1. The van der Waals surface area contributed by atoms with Crippen molar-refractivity contribution in [3.63, 3.8) is 0 Å². The number of benzene rings is 1. The second kappa shape index (κ2) is 8.15. The number of hydrogen-bond donors (Lipinski definition) is 2. The Balaban J connectivity index is 1.77. The first-order chi connectivity index (χ1) is 10.2. The van der Waals surface area contributed by atoms with Crippen molar-refractivity contribution >= 4 is 11.6 Å². The molecule has 2 rings (SSSR count). The Morgan fingerprint density at radius 1 is 1.48 bits per heavy atom. The van der Waals surface area contributed by atoms with Crippen LogP contribution in [-0.2, 0) is 11.2 Å². The molecule has 1 heterocycles. The highest BCUT2D eigenvalue weighted by molar-refractivity contribution is 5.92. The highest BCUT2D eigenvalue weighted by atomic mass is 16.2. The average Bonchev–Trinajstić information content (AvgIpc) is 2.48. The summed E-state index contributed by atoms with van der Waals surface area (Å²) in [6, 6.07) is 8.06. The highest BCUT2D eigenvalue weighted by Gasteiger charge is 2.16. The zero-order valence-electron chi connectivity index (χ0n) is 13.2. The summed E-state index contributed by atoms with van der Waals surface area (Å²) in [7, 11) is 2.02. The molecule has 0 bridgehead atoms. The molecule has 1 fully saturated rings. The molecule has 1 atom stereocenters. The second-order valence-corrected chi connectivity index (χ2v) is 6.01. The summed E-state index contributed by atoms with van der Waals surface area (Å²) in [6.07, 6.45) is 3.49. The van der Waals surface area contributed by atoms with E-state index < -0.39 is 0 Å². The molecule has 1 aromatic carbocycles. The number of anilines is 1. The molecular weight excluding hydrogens is 262 g/mol. The van der Waals surface area contributed by atoms with Crippen molar-refractivity contribution in [1.82, 2.24) is 10.2 Å². The number of aryl methyl sites for hydroxylation is 1. The smallest absolute Gasteiger partial charge is 0.238 e. The van der Waals surface area contributed by atoms with E-state index in [9.17, 15) is 4.79 Å². The Bertz CT molecular complexity index is 455. The number of piperidine rings is 1. The number of rotatable bonds is 6. The topological polar surface area (TPSA) is 44.4 Å². The van der Waals surface area contributed by atoms with Crippen LogP contribution in [0.4, 0.5) is 5.69 Å². The van der Waals surface area contributed by atoms with Gasteiger partial charge in [-0.25, -0.2) is 0 Å². The maximum absolute atomic E-state index is 12.1. The minimum absolute atomic E-state index is 0.0644. The number of likely N-dealkylation sites (N-methyl/N-ethyl adjacent to an activating group) is 1. The van der Waals surface area contributed by atoms with Gasteiger partial charge in [0.15, 0.2) is 0 Å². The van der Waals surface area contributed by atoms with Gasteiger partial charge >= 0.3 is 0 Å². The van der Waals surface area contributed by atoms with Crippen molar-refractivity contribution in [3.8, 4) is 0 Å². The third kappa shape index (κ3) is 5.48. The molecule has 1 unspecified atom stereocenters. The average molecular weight is 289 g/mol. The van der Waals surface area contributed by atoms with Crippen molar-refractivity contribution in [3.05, 3.63) is 29.8 Å². The molecular formula is C17H27N3O. The minimum Gasteiger partial charge on any atom is -0.325 e. The molecule has 1 aliphatic heterocycles. The molecule has 2 N–H and O–H groups in total. The summed E-state index contributed by atoms with van der Waals surface area (Å²) in [5.41, 5.74) is 2.14. The molecule has 1 aliphatic rings. The third-order valence-electron chi connectivity index (χ3n) is 4.00. The van der Waals surface area contributed by atoms with Crippen LogP contribution in [0.2, 0.25) is 0 Å². The Labute approximate surface area is 127 Å². The van der Waals surface area contributed by atoms with Gasteiger partial charge in [0.05, 0.1) is 6.54 Å². The maximum Gasteiger partial charge on any atom is 0.238 e. The number of nitrogens with one attached hydrogen (secondary N) is 2. The van der Waals surface area contributed by atoms with Crippen LogP contribution >= 0.6 is 0 Å². The molecule has 0 aromatic heterocycles. The zero-order chi connectivity index (χ0) is 15.1. The molecule has 1 amide bonds. The summed E-state index contributed by atoms with van der Waals surface area (Å²) in [6.45, 7) is 5.76. The molecule has 116 valence electrons. The van der Waals surface area contributed by atoms with Gasteiger partial charge in [0.1, 0.15) is 0 Å². The van der Waals surface area contributed by atoms with Crippen LogP contribution in [0.15, 0.2) is 24.3 Å². The molecule has 21 heavy (non-hydrogen) atoms. The quantitative estimate of drug-likeness (QED) is 0.843. The van der Waals surface area contributed by atoms with E-state index in [4.69, 9.17) is 0 Å². The van der Waals surface area contributed by atoms with Crippen LogP contribution in [0.1, 0.15) is 25.3 Å². The predicted octanol–water partition coefficient (Wildman–Crippen LogP) is 2.12. The van der Waals surface area contributed by atoms with Crippen LogP contribution in [0.25, 0.3) is 0 Å². The van der Waals surface area contributed by atoms with Crippen LogP contribution in [0, 0.1) is 5.92 Å². The zero-order valence-corrected chi connectivity index (χ0v) is 13.2. The van der Waals surface area contributed by atoms with E-state index in [1.54, 1.807) is 0 Å². The summed E-state index contributed by atoms with van der Waals surface area (Å²) < 4.78 is 0. The minimum atomic E-state index is 0.0644. The lowest BCUT2D eigenvalue weighted by Gasteiger charge is -2.27. The van der Waals surface area contributed by atoms with E-state index in [0.29, 0.717) is 12.5 Å². The van der Waals surface area contributed by atoms with Gasteiger partial charge in [0.2, 0.25) is 5.91 Å². The first-order valence-corrected chi connectivity index (χ1v) is 7.95. The van der Waals surface area contributed by atoms with Gasteiger partial charge in [-0.2, -0.15) is 0 Å². The lowest BCUT2D eigenvalue weighted by Crippen LogP contribution is -2.39. The first kappa shape index (κ1) is 16.0. The monoisotopic (exact) mass is 289 g/mol. The SMILES string of the molecule is CCc1cccc(NC(=O)CN(C)CC2CCCNC2)c1. The first-order valence-electron chi connectivity index (χ1n) is 7.95. The fourth-order valence-corrected chi connectivity index (χ4v) is 2.90. The Hall–Kier alpha value is -1.39. The lowest BCUT2D eigenvalue weighted by molar-refractivity contribution is -0.117. The normalized spacial score (nSPS) is 18.7. The van der Waals surface area contributed by atoms with Crippen LogP contribution in [0.3, 0.4) is 0 Å². The number of hydrogen-bond acceptors (Lipinski definition) is 3. The van der Waals surface area contributed by atoms with Crippen molar-refractivity contribution in [1.29, 1.82) is 0 Å². The van der Waals surface area contributed by atoms with E-state index in [2.05, 4.69) is 28.5 Å². The molecule has 4 nitrogen and oxygen atoms in total. The van der Waals surface area contributed by atoms with Gasteiger partial charge in [0.25, 0.3) is 0 Å². The van der Waals surface area contributed by atoms with Crippen LogP contribution in [-0.4, -0.2) is 44.0 Å². The lowest BCUT2D eigenvalue weighted by atomic mass is 9.99.